The van der Waals surface area contributed by atoms with Crippen molar-refractivity contribution in [2.24, 2.45) is 5.92 Å². The number of hydrogen-bond acceptors (Lipinski definition) is 4. The molecule has 0 unspecified atom stereocenters. The summed E-state index contributed by atoms with van der Waals surface area (Å²) < 4.78 is 0. The molecule has 0 saturated carbocycles. The molecule has 0 spiro atoms. The van der Waals surface area contributed by atoms with Crippen LogP contribution in [0.2, 0.25) is 0 Å². The van der Waals surface area contributed by atoms with Crippen LogP contribution in [0.4, 0.5) is 0 Å². The van der Waals surface area contributed by atoms with E-state index in [2.05, 4.69) is 15.0 Å². The normalized spacial score (nSPS) is 10.7. The van der Waals surface area contributed by atoms with Crippen molar-refractivity contribution >= 4 is 5.91 Å². The van der Waals surface area contributed by atoms with E-state index in [1.807, 2.05) is 39.0 Å². The van der Waals surface area contributed by atoms with Gasteiger partial charge in [0.05, 0.1) is 17.9 Å². The van der Waals surface area contributed by atoms with Crippen molar-refractivity contribution in [3.63, 3.8) is 0 Å². The molecule has 1 amide bonds. The number of nitrogens with zero attached hydrogens (tertiary/aromatic N) is 4. The van der Waals surface area contributed by atoms with Gasteiger partial charge in [0.15, 0.2) is 0 Å². The smallest absolute Gasteiger partial charge is 0.225 e. The van der Waals surface area contributed by atoms with Gasteiger partial charge in [0.2, 0.25) is 5.91 Å². The van der Waals surface area contributed by atoms with Gasteiger partial charge >= 0.3 is 0 Å². The fourth-order valence-electron chi connectivity index (χ4n) is 2.12. The van der Waals surface area contributed by atoms with E-state index in [4.69, 9.17) is 0 Å². The van der Waals surface area contributed by atoms with Gasteiger partial charge in [-0.3, -0.25) is 9.78 Å². The van der Waals surface area contributed by atoms with Crippen molar-refractivity contribution in [2.45, 2.75) is 27.3 Å². The molecule has 0 aliphatic rings. The maximum absolute atomic E-state index is 12.0. The summed E-state index contributed by atoms with van der Waals surface area (Å²) in [7, 11) is 1.79. The van der Waals surface area contributed by atoms with Gasteiger partial charge in [-0.25, -0.2) is 9.97 Å². The summed E-state index contributed by atoms with van der Waals surface area (Å²) in [4.78, 5) is 26.8. The molecule has 0 bridgehead atoms. The van der Waals surface area contributed by atoms with E-state index in [9.17, 15) is 4.79 Å². The van der Waals surface area contributed by atoms with Crippen molar-refractivity contribution in [3.8, 4) is 11.3 Å². The van der Waals surface area contributed by atoms with Gasteiger partial charge in [-0.1, -0.05) is 19.9 Å². The molecule has 5 heteroatoms. The lowest BCUT2D eigenvalue weighted by molar-refractivity contribution is -0.133. The highest BCUT2D eigenvalue weighted by molar-refractivity contribution is 5.78. The summed E-state index contributed by atoms with van der Waals surface area (Å²) in [5.74, 6) is 0.754. The second-order valence-corrected chi connectivity index (χ2v) is 5.34. The molecule has 0 aliphatic carbocycles. The highest BCUT2D eigenvalue weighted by atomic mass is 16.2. The molecule has 2 aromatic rings. The topological polar surface area (TPSA) is 59.0 Å². The van der Waals surface area contributed by atoms with Crippen LogP contribution in [-0.2, 0) is 11.3 Å². The minimum atomic E-state index is -0.0313. The summed E-state index contributed by atoms with van der Waals surface area (Å²) in [5.41, 5.74) is 2.50. The molecule has 110 valence electrons. The average Bonchev–Trinajstić information content (AvgIpc) is 2.47. The number of aryl methyl sites for hydroxylation is 1. The first kappa shape index (κ1) is 15.1. The fourth-order valence-corrected chi connectivity index (χ4v) is 2.12. The second kappa shape index (κ2) is 6.43. The molecule has 0 saturated heterocycles. The number of hydrogen-bond donors (Lipinski definition) is 0. The van der Waals surface area contributed by atoms with E-state index in [1.165, 1.54) is 0 Å². The summed E-state index contributed by atoms with van der Waals surface area (Å²) in [6, 6.07) is 5.71. The van der Waals surface area contributed by atoms with Gasteiger partial charge < -0.3 is 4.90 Å². The molecular formula is C16H20N4O. The molecule has 2 heterocycles. The zero-order valence-electron chi connectivity index (χ0n) is 12.9. The number of rotatable bonds is 4. The van der Waals surface area contributed by atoms with E-state index >= 15 is 0 Å². The largest absolute Gasteiger partial charge is 0.340 e. The molecule has 0 radical (unpaired) electrons. The van der Waals surface area contributed by atoms with Gasteiger partial charge in [-0.2, -0.15) is 0 Å². The molecule has 0 atom stereocenters. The molecule has 5 nitrogen and oxygen atoms in total. The standard InChI is InChI=1S/C16H20N4O/c1-11(2)16(21)20(4)10-15-13(9-18-12(3)19-15)14-7-5-6-8-17-14/h5-9,11H,10H2,1-4H3. The number of carbonyl (C=O) groups is 1. The van der Waals surface area contributed by atoms with Crippen molar-refractivity contribution in [1.82, 2.24) is 19.9 Å². The van der Waals surface area contributed by atoms with E-state index in [1.54, 1.807) is 24.3 Å². The van der Waals surface area contributed by atoms with Gasteiger partial charge in [0.25, 0.3) is 0 Å². The Balaban J connectivity index is 2.35. The van der Waals surface area contributed by atoms with E-state index < -0.39 is 0 Å². The zero-order chi connectivity index (χ0) is 15.4. The van der Waals surface area contributed by atoms with Crippen LogP contribution in [0.25, 0.3) is 11.3 Å². The van der Waals surface area contributed by atoms with Crippen LogP contribution in [0, 0.1) is 12.8 Å². The number of amides is 1. The summed E-state index contributed by atoms with van der Waals surface area (Å²) in [6.07, 6.45) is 3.51. The highest BCUT2D eigenvalue weighted by Crippen LogP contribution is 2.20. The molecule has 0 N–H and O–H groups in total. The lowest BCUT2D eigenvalue weighted by atomic mass is 10.1. The number of aromatic nitrogens is 3. The molecule has 0 aromatic carbocycles. The van der Waals surface area contributed by atoms with Gasteiger partial charge in [-0.05, 0) is 19.1 Å². The van der Waals surface area contributed by atoms with Gasteiger partial charge in [0, 0.05) is 30.9 Å². The predicted octanol–water partition coefficient (Wildman–Crippen LogP) is 2.46. The van der Waals surface area contributed by atoms with Crippen molar-refractivity contribution in [1.29, 1.82) is 0 Å². The fraction of sp³-hybridized carbons (Fsp3) is 0.375. The minimum Gasteiger partial charge on any atom is -0.340 e. The third kappa shape index (κ3) is 3.62. The van der Waals surface area contributed by atoms with Crippen LogP contribution in [0.1, 0.15) is 25.4 Å². The van der Waals surface area contributed by atoms with Crippen LogP contribution in [-0.4, -0.2) is 32.8 Å². The Morgan fingerprint density at radius 2 is 2.05 bits per heavy atom. The van der Waals surface area contributed by atoms with E-state index in [0.717, 1.165) is 17.0 Å². The third-order valence-electron chi connectivity index (χ3n) is 3.19. The average molecular weight is 284 g/mol. The lowest BCUT2D eigenvalue weighted by Gasteiger charge is -2.20. The monoisotopic (exact) mass is 284 g/mol. The quantitative estimate of drug-likeness (QED) is 0.865. The number of carbonyl (C=O) groups excluding carboxylic acids is 1. The Labute approximate surface area is 125 Å². The Kier molecular flexibility index (Phi) is 4.62. The first-order valence-corrected chi connectivity index (χ1v) is 6.98. The first-order valence-electron chi connectivity index (χ1n) is 6.98. The summed E-state index contributed by atoms with van der Waals surface area (Å²) in [5, 5.41) is 0. The van der Waals surface area contributed by atoms with E-state index in [0.29, 0.717) is 12.4 Å². The Bertz CT molecular complexity index is 625. The molecular weight excluding hydrogens is 264 g/mol. The summed E-state index contributed by atoms with van der Waals surface area (Å²) in [6.45, 7) is 6.08. The Morgan fingerprint density at radius 1 is 1.29 bits per heavy atom. The van der Waals surface area contributed by atoms with Gasteiger partial charge in [0.1, 0.15) is 5.82 Å². The van der Waals surface area contributed by atoms with Crippen LogP contribution < -0.4 is 0 Å². The SMILES string of the molecule is Cc1ncc(-c2ccccn2)c(CN(C)C(=O)C(C)C)n1. The molecule has 0 fully saturated rings. The molecule has 2 aromatic heterocycles. The van der Waals surface area contributed by atoms with Crippen molar-refractivity contribution < 1.29 is 4.79 Å². The molecule has 0 aliphatic heterocycles. The van der Waals surface area contributed by atoms with Crippen LogP contribution >= 0.6 is 0 Å². The highest BCUT2D eigenvalue weighted by Gasteiger charge is 2.17. The van der Waals surface area contributed by atoms with Gasteiger partial charge in [-0.15, -0.1) is 0 Å². The second-order valence-electron chi connectivity index (χ2n) is 5.34. The lowest BCUT2D eigenvalue weighted by Crippen LogP contribution is -2.30. The van der Waals surface area contributed by atoms with Crippen LogP contribution in [0.3, 0.4) is 0 Å². The number of pyridine rings is 1. The van der Waals surface area contributed by atoms with Crippen molar-refractivity contribution in [3.05, 3.63) is 42.1 Å². The van der Waals surface area contributed by atoms with Crippen LogP contribution in [0.15, 0.2) is 30.6 Å². The maximum Gasteiger partial charge on any atom is 0.225 e. The summed E-state index contributed by atoms with van der Waals surface area (Å²) >= 11 is 0. The van der Waals surface area contributed by atoms with E-state index in [-0.39, 0.29) is 11.8 Å². The third-order valence-corrected chi connectivity index (χ3v) is 3.19. The predicted molar refractivity (Wildman–Crippen MR) is 81.3 cm³/mol. The molecule has 2 rings (SSSR count). The first-order chi connectivity index (χ1) is 9.99. The Hall–Kier alpha value is -2.30. The zero-order valence-corrected chi connectivity index (χ0v) is 12.9. The maximum atomic E-state index is 12.0. The minimum absolute atomic E-state index is 0.0313. The van der Waals surface area contributed by atoms with Crippen LogP contribution in [0.5, 0.6) is 0 Å². The Morgan fingerprint density at radius 3 is 2.67 bits per heavy atom. The van der Waals surface area contributed by atoms with Crippen molar-refractivity contribution in [2.75, 3.05) is 7.05 Å². The molecule has 21 heavy (non-hydrogen) atoms.